The first-order chi connectivity index (χ1) is 17.0. The molecule has 36 heavy (non-hydrogen) atoms. The number of anilines is 3. The van der Waals surface area contributed by atoms with Gasteiger partial charge in [-0.15, -0.1) is 0 Å². The molecule has 0 atom stereocenters. The molecule has 1 amide bonds. The number of carbonyl (C=O) groups excluding carboxylic acids is 1. The summed E-state index contributed by atoms with van der Waals surface area (Å²) in [5.74, 6) is -0.415. The van der Waals surface area contributed by atoms with Crippen LogP contribution in [-0.2, 0) is 16.4 Å². The zero-order chi connectivity index (χ0) is 25.9. The maximum atomic E-state index is 13.0. The average molecular weight is 526 g/mol. The van der Waals surface area contributed by atoms with Crippen molar-refractivity contribution in [1.82, 2.24) is 24.0 Å². The molecular formula is C21H22F3N7O4S. The number of halogens is 3. The summed E-state index contributed by atoms with van der Waals surface area (Å²) in [7, 11) is -4.19. The van der Waals surface area contributed by atoms with Crippen LogP contribution >= 0.6 is 0 Å². The number of carbonyl (C=O) groups is 1. The van der Waals surface area contributed by atoms with E-state index in [1.54, 1.807) is 25.5 Å². The highest BCUT2D eigenvalue weighted by atomic mass is 32.2. The van der Waals surface area contributed by atoms with Crippen LogP contribution in [0.5, 0.6) is 0 Å². The van der Waals surface area contributed by atoms with Crippen LogP contribution in [0.3, 0.4) is 0 Å². The molecule has 3 heterocycles. The van der Waals surface area contributed by atoms with Gasteiger partial charge in [-0.1, -0.05) is 6.07 Å². The second-order valence-corrected chi connectivity index (χ2v) is 9.60. The SMILES string of the molecule is Cc1ccc(C(F)(F)F)cc1Nc1nc(C(=O)NS(=O)(=O)N2CCCN(c3cnccn3)CC2)co1. The molecule has 0 saturated carbocycles. The first-order valence-electron chi connectivity index (χ1n) is 10.8. The Morgan fingerprint density at radius 3 is 2.67 bits per heavy atom. The Labute approximate surface area is 204 Å². The van der Waals surface area contributed by atoms with Crippen LogP contribution < -0.4 is 14.9 Å². The van der Waals surface area contributed by atoms with Gasteiger partial charge in [-0.3, -0.25) is 9.78 Å². The molecule has 0 radical (unpaired) electrons. The Balaban J connectivity index is 1.40. The smallest absolute Gasteiger partial charge is 0.416 e. The zero-order valence-electron chi connectivity index (χ0n) is 19.0. The van der Waals surface area contributed by atoms with E-state index in [-0.39, 0.29) is 30.5 Å². The number of aromatic nitrogens is 3. The molecule has 4 rings (SSSR count). The van der Waals surface area contributed by atoms with Gasteiger partial charge in [-0.2, -0.15) is 30.9 Å². The Kier molecular flexibility index (Phi) is 7.12. The minimum absolute atomic E-state index is 0.0727. The van der Waals surface area contributed by atoms with E-state index in [9.17, 15) is 26.4 Å². The lowest BCUT2D eigenvalue weighted by Crippen LogP contribution is -2.45. The Bertz CT molecular complexity index is 1330. The summed E-state index contributed by atoms with van der Waals surface area (Å²) in [6.07, 6.45) is 1.54. The number of benzene rings is 1. The molecule has 1 aromatic carbocycles. The summed E-state index contributed by atoms with van der Waals surface area (Å²) >= 11 is 0. The van der Waals surface area contributed by atoms with E-state index in [4.69, 9.17) is 4.42 Å². The fraction of sp³-hybridized carbons (Fsp3) is 0.333. The third kappa shape index (κ3) is 5.91. The molecule has 0 bridgehead atoms. The average Bonchev–Trinajstić information content (AvgIpc) is 3.14. The molecule has 1 aliphatic rings. The molecule has 2 aromatic heterocycles. The first kappa shape index (κ1) is 25.4. The quantitative estimate of drug-likeness (QED) is 0.498. The monoisotopic (exact) mass is 525 g/mol. The molecule has 1 fully saturated rings. The van der Waals surface area contributed by atoms with Crippen molar-refractivity contribution >= 4 is 33.6 Å². The predicted molar refractivity (Wildman–Crippen MR) is 123 cm³/mol. The number of alkyl halides is 3. The van der Waals surface area contributed by atoms with Gasteiger partial charge in [-0.05, 0) is 31.0 Å². The first-order valence-corrected chi connectivity index (χ1v) is 12.2. The highest BCUT2D eigenvalue weighted by Gasteiger charge is 2.31. The third-order valence-electron chi connectivity index (χ3n) is 5.43. The fourth-order valence-electron chi connectivity index (χ4n) is 3.54. The van der Waals surface area contributed by atoms with Gasteiger partial charge in [0.25, 0.3) is 11.9 Å². The predicted octanol–water partition coefficient (Wildman–Crippen LogP) is 2.72. The summed E-state index contributed by atoms with van der Waals surface area (Å²) in [6, 6.07) is 2.83. The van der Waals surface area contributed by atoms with Gasteiger partial charge in [0.15, 0.2) is 5.69 Å². The van der Waals surface area contributed by atoms with Crippen molar-refractivity contribution < 1.29 is 30.8 Å². The normalized spacial score (nSPS) is 15.4. The molecule has 15 heteroatoms. The highest BCUT2D eigenvalue weighted by Crippen LogP contribution is 2.33. The van der Waals surface area contributed by atoms with Crippen molar-refractivity contribution in [2.24, 2.45) is 0 Å². The molecule has 3 aromatic rings. The van der Waals surface area contributed by atoms with E-state index in [1.165, 1.54) is 6.07 Å². The molecule has 1 aliphatic heterocycles. The van der Waals surface area contributed by atoms with Crippen molar-refractivity contribution in [3.63, 3.8) is 0 Å². The molecule has 0 aliphatic carbocycles. The minimum atomic E-state index is -4.54. The summed E-state index contributed by atoms with van der Waals surface area (Å²) in [6.45, 7) is 2.78. The number of oxazole rings is 1. The minimum Gasteiger partial charge on any atom is -0.431 e. The van der Waals surface area contributed by atoms with Crippen LogP contribution in [0.15, 0.2) is 47.5 Å². The molecule has 192 valence electrons. The number of amides is 1. The summed E-state index contributed by atoms with van der Waals surface area (Å²) in [5.41, 5.74) is -0.682. The van der Waals surface area contributed by atoms with Crippen molar-refractivity contribution in [2.75, 3.05) is 36.4 Å². The lowest BCUT2D eigenvalue weighted by atomic mass is 10.1. The number of nitrogens with one attached hydrogen (secondary N) is 2. The summed E-state index contributed by atoms with van der Waals surface area (Å²) < 4.78 is 72.8. The molecular weight excluding hydrogens is 503 g/mol. The third-order valence-corrected chi connectivity index (χ3v) is 6.92. The van der Waals surface area contributed by atoms with E-state index in [1.807, 2.05) is 9.62 Å². The fourth-order valence-corrected chi connectivity index (χ4v) is 4.69. The van der Waals surface area contributed by atoms with Crippen LogP contribution in [0.25, 0.3) is 0 Å². The lowest BCUT2D eigenvalue weighted by Gasteiger charge is -2.22. The van der Waals surface area contributed by atoms with E-state index in [2.05, 4.69) is 20.3 Å². The van der Waals surface area contributed by atoms with Crippen molar-refractivity contribution in [3.8, 4) is 0 Å². The second-order valence-electron chi connectivity index (χ2n) is 7.93. The van der Waals surface area contributed by atoms with Crippen molar-refractivity contribution in [2.45, 2.75) is 19.5 Å². The van der Waals surface area contributed by atoms with E-state index < -0.39 is 27.9 Å². The molecule has 11 nitrogen and oxygen atoms in total. The van der Waals surface area contributed by atoms with Crippen LogP contribution in [0.1, 0.15) is 28.0 Å². The summed E-state index contributed by atoms with van der Waals surface area (Å²) in [4.78, 5) is 26.5. The molecule has 0 spiro atoms. The number of aryl methyl sites for hydroxylation is 1. The summed E-state index contributed by atoms with van der Waals surface area (Å²) in [5, 5.41) is 2.58. The Hall–Kier alpha value is -3.72. The maximum absolute atomic E-state index is 13.0. The topological polar surface area (TPSA) is 134 Å². The van der Waals surface area contributed by atoms with Gasteiger partial charge in [0.05, 0.1) is 11.8 Å². The number of hydrogen-bond acceptors (Lipinski definition) is 9. The molecule has 0 unspecified atom stereocenters. The van der Waals surface area contributed by atoms with E-state index in [0.717, 1.165) is 22.7 Å². The maximum Gasteiger partial charge on any atom is 0.416 e. The van der Waals surface area contributed by atoms with Gasteiger partial charge >= 0.3 is 16.4 Å². The Morgan fingerprint density at radius 2 is 1.94 bits per heavy atom. The molecule has 2 N–H and O–H groups in total. The number of hydrogen-bond donors (Lipinski definition) is 2. The van der Waals surface area contributed by atoms with Gasteiger partial charge in [0.2, 0.25) is 0 Å². The lowest BCUT2D eigenvalue weighted by molar-refractivity contribution is -0.137. The van der Waals surface area contributed by atoms with Crippen LogP contribution in [0, 0.1) is 6.92 Å². The van der Waals surface area contributed by atoms with Crippen LogP contribution in [0.2, 0.25) is 0 Å². The van der Waals surface area contributed by atoms with E-state index in [0.29, 0.717) is 30.9 Å². The van der Waals surface area contributed by atoms with Crippen molar-refractivity contribution in [3.05, 3.63) is 59.9 Å². The molecule has 1 saturated heterocycles. The van der Waals surface area contributed by atoms with Gasteiger partial charge in [-0.25, -0.2) is 9.71 Å². The standard InChI is InChI=1S/C21H22F3N7O4S/c1-14-3-4-15(21(22,23)24)11-16(14)27-20-28-17(13-35-20)19(32)29-36(33,34)31-8-2-7-30(9-10-31)18-12-25-5-6-26-18/h3-6,11-13H,2,7-10H2,1H3,(H,27,28)(H,29,32). The van der Waals surface area contributed by atoms with Crippen LogP contribution in [0.4, 0.5) is 30.7 Å². The van der Waals surface area contributed by atoms with Gasteiger partial charge in [0, 0.05) is 44.3 Å². The number of rotatable bonds is 6. The number of nitrogens with zero attached hydrogens (tertiary/aromatic N) is 5. The highest BCUT2D eigenvalue weighted by molar-refractivity contribution is 7.87. The van der Waals surface area contributed by atoms with Gasteiger partial charge < -0.3 is 14.6 Å². The second kappa shape index (κ2) is 10.1. The Morgan fingerprint density at radius 1 is 1.14 bits per heavy atom. The zero-order valence-corrected chi connectivity index (χ0v) is 19.8. The largest absolute Gasteiger partial charge is 0.431 e. The van der Waals surface area contributed by atoms with E-state index >= 15 is 0 Å². The van der Waals surface area contributed by atoms with Crippen molar-refractivity contribution in [1.29, 1.82) is 0 Å². The van der Waals surface area contributed by atoms with Gasteiger partial charge in [0.1, 0.15) is 12.1 Å². The van der Waals surface area contributed by atoms with Crippen LogP contribution in [-0.4, -0.2) is 59.8 Å².